The molecule has 219 valence electrons. The van der Waals surface area contributed by atoms with Gasteiger partial charge < -0.3 is 19.7 Å². The molecule has 0 heterocycles. The fourth-order valence-corrected chi connectivity index (χ4v) is 4.02. The van der Waals surface area contributed by atoms with Crippen LogP contribution in [0.4, 0.5) is 0 Å². The van der Waals surface area contributed by atoms with Crippen LogP contribution < -0.4 is 19.7 Å². The van der Waals surface area contributed by atoms with Crippen molar-refractivity contribution in [2.45, 2.75) is 104 Å². The molecule has 0 N–H and O–H groups in total. The largest absolute Gasteiger partial charge is 2.00 e. The Kier molecular flexibility index (Phi) is 11.3. The Morgan fingerprint density at radius 3 is 1.18 bits per heavy atom. The summed E-state index contributed by atoms with van der Waals surface area (Å²) in [6.07, 6.45) is 4.83. The molecule has 0 aliphatic heterocycles. The first-order valence-corrected chi connectivity index (χ1v) is 13.2. The number of benzene rings is 2. The monoisotopic (exact) mass is 585 g/mol. The minimum absolute atomic E-state index is 0. The van der Waals surface area contributed by atoms with E-state index in [1.165, 1.54) is 0 Å². The first kappa shape index (κ1) is 34.5. The van der Waals surface area contributed by atoms with Crippen molar-refractivity contribution in [1.82, 2.24) is 0 Å². The first-order valence-electron chi connectivity index (χ1n) is 13.2. The molecule has 0 spiro atoms. The van der Waals surface area contributed by atoms with Crippen LogP contribution in [0.25, 0.3) is 0 Å². The van der Waals surface area contributed by atoms with E-state index in [0.29, 0.717) is 33.8 Å². The number of nitrogens with zero attached hydrogens (tertiary/aromatic N) is 2. The van der Waals surface area contributed by atoms with Gasteiger partial charge in [-0.2, -0.15) is 0 Å². The molecule has 0 bridgehead atoms. The SMILES string of the molecule is COc1cc(C=NC(C)(C)CCC(C)(C)N=Cc2cc(OC)cc(C(C)(C)C)c2[O-])c([O-])c(C(C)(C)C)c1.[Cu+2]. The van der Waals surface area contributed by atoms with Crippen LogP contribution in [0.5, 0.6) is 23.0 Å². The fourth-order valence-electron chi connectivity index (χ4n) is 4.02. The normalized spacial score (nSPS) is 13.1. The summed E-state index contributed by atoms with van der Waals surface area (Å²) >= 11 is 0. The molecule has 39 heavy (non-hydrogen) atoms. The molecule has 0 unspecified atom stereocenters. The molecule has 0 fully saturated rings. The van der Waals surface area contributed by atoms with Gasteiger partial charge in [0.1, 0.15) is 11.5 Å². The summed E-state index contributed by atoms with van der Waals surface area (Å²) in [4.78, 5) is 9.57. The molecule has 6 nitrogen and oxygen atoms in total. The Labute approximate surface area is 246 Å². The van der Waals surface area contributed by atoms with Gasteiger partial charge in [-0.25, -0.2) is 0 Å². The van der Waals surface area contributed by atoms with Crippen LogP contribution in [0.15, 0.2) is 34.3 Å². The van der Waals surface area contributed by atoms with Crippen molar-refractivity contribution in [3.8, 4) is 23.0 Å². The van der Waals surface area contributed by atoms with Gasteiger partial charge >= 0.3 is 17.1 Å². The first-order chi connectivity index (χ1) is 17.3. The summed E-state index contributed by atoms with van der Waals surface area (Å²) in [5.41, 5.74) is 1.03. The Balaban J connectivity index is 0.00000760. The van der Waals surface area contributed by atoms with Crippen molar-refractivity contribution in [1.29, 1.82) is 0 Å². The van der Waals surface area contributed by atoms with Gasteiger partial charge in [0.05, 0.1) is 25.3 Å². The smallest absolute Gasteiger partial charge is 0.872 e. The predicted molar refractivity (Wildman–Crippen MR) is 155 cm³/mol. The summed E-state index contributed by atoms with van der Waals surface area (Å²) in [7, 11) is 3.20. The van der Waals surface area contributed by atoms with Crippen LogP contribution in [0.2, 0.25) is 0 Å². The Bertz CT molecular complexity index is 1090. The van der Waals surface area contributed by atoms with Gasteiger partial charge in [-0.05, 0) is 97.9 Å². The topological polar surface area (TPSA) is 89.3 Å². The van der Waals surface area contributed by atoms with E-state index in [4.69, 9.17) is 19.5 Å². The number of rotatable bonds is 9. The molecule has 2 aromatic carbocycles. The van der Waals surface area contributed by atoms with Crippen molar-refractivity contribution >= 4 is 12.4 Å². The van der Waals surface area contributed by atoms with E-state index < -0.39 is 11.1 Å². The van der Waals surface area contributed by atoms with E-state index >= 15 is 0 Å². The van der Waals surface area contributed by atoms with E-state index in [2.05, 4.69) is 0 Å². The second-order valence-electron chi connectivity index (χ2n) is 13.3. The van der Waals surface area contributed by atoms with E-state index in [9.17, 15) is 10.2 Å². The van der Waals surface area contributed by atoms with E-state index in [1.807, 2.05) is 81.4 Å². The summed E-state index contributed by atoms with van der Waals surface area (Å²) in [5.74, 6) is 1.25. The van der Waals surface area contributed by atoms with E-state index in [1.54, 1.807) is 38.8 Å². The molecule has 1 radical (unpaired) electrons. The summed E-state index contributed by atoms with van der Waals surface area (Å²) in [6.45, 7) is 20.3. The van der Waals surface area contributed by atoms with Gasteiger partial charge in [0, 0.05) is 12.4 Å². The maximum Gasteiger partial charge on any atom is 2.00 e. The molecule has 0 aromatic heterocycles. The summed E-state index contributed by atoms with van der Waals surface area (Å²) < 4.78 is 10.9. The fraction of sp³-hybridized carbons (Fsp3) is 0.562. The third-order valence-electron chi connectivity index (χ3n) is 6.72. The zero-order chi connectivity index (χ0) is 29.1. The number of hydrogen-bond donors (Lipinski definition) is 0. The average molecular weight is 586 g/mol. The minimum atomic E-state index is -0.413. The van der Waals surface area contributed by atoms with E-state index in [-0.39, 0.29) is 39.4 Å². The molecule has 0 aliphatic rings. The molecule has 0 saturated carbocycles. The maximum absolute atomic E-state index is 13.1. The van der Waals surface area contributed by atoms with Gasteiger partial charge in [-0.15, -0.1) is 0 Å². The molecule has 0 saturated heterocycles. The molecule has 7 heteroatoms. The number of hydrogen-bond acceptors (Lipinski definition) is 6. The standard InChI is InChI=1S/C32H48N2O4.Cu/c1-29(2,3)25-17-23(37-11)15-21(27(25)35)19-33-31(7,8)13-14-32(9,10)34-20-22-16-24(38-12)18-26(28(22)36)30(4,5)6;/h15-20,35-36H,13-14H2,1-12H3;/q;+2/p-2. The number of aliphatic imine (C=N–C) groups is 2. The molecular weight excluding hydrogens is 540 g/mol. The number of ether oxygens (including phenoxy) is 2. The Morgan fingerprint density at radius 1 is 0.615 bits per heavy atom. The van der Waals surface area contributed by atoms with Crippen LogP contribution in [0.1, 0.15) is 104 Å². The summed E-state index contributed by atoms with van der Waals surface area (Å²) in [5, 5.41) is 26.2. The van der Waals surface area contributed by atoms with Crippen molar-refractivity contribution in [3.05, 3.63) is 46.5 Å². The molecular formula is C32H46CuN2O4. The Hall–Kier alpha value is -2.50. The minimum Gasteiger partial charge on any atom is -0.872 e. The molecule has 0 aliphatic carbocycles. The zero-order valence-electron chi connectivity index (χ0n) is 25.7. The van der Waals surface area contributed by atoms with Crippen molar-refractivity contribution in [2.75, 3.05) is 14.2 Å². The van der Waals surface area contributed by atoms with Gasteiger partial charge in [0.2, 0.25) is 0 Å². The quantitative estimate of drug-likeness (QED) is 0.254. The van der Waals surface area contributed by atoms with Crippen molar-refractivity contribution in [3.63, 3.8) is 0 Å². The van der Waals surface area contributed by atoms with Gasteiger partial charge in [-0.3, -0.25) is 9.98 Å². The van der Waals surface area contributed by atoms with Gasteiger partial charge in [0.15, 0.2) is 0 Å². The molecule has 2 aromatic rings. The molecule has 0 atom stereocenters. The average Bonchev–Trinajstić information content (AvgIpc) is 2.80. The molecule has 0 amide bonds. The van der Waals surface area contributed by atoms with Crippen LogP contribution >= 0.6 is 0 Å². The van der Waals surface area contributed by atoms with Gasteiger partial charge in [-0.1, -0.05) is 53.0 Å². The summed E-state index contributed by atoms with van der Waals surface area (Å²) in [6, 6.07) is 7.11. The van der Waals surface area contributed by atoms with Crippen LogP contribution in [-0.4, -0.2) is 37.7 Å². The third-order valence-corrected chi connectivity index (χ3v) is 6.72. The zero-order valence-corrected chi connectivity index (χ0v) is 26.6. The van der Waals surface area contributed by atoms with Crippen LogP contribution in [-0.2, 0) is 27.9 Å². The third kappa shape index (κ3) is 9.58. The van der Waals surface area contributed by atoms with Gasteiger partial charge in [0.25, 0.3) is 0 Å². The second-order valence-corrected chi connectivity index (χ2v) is 13.3. The predicted octanol–water partition coefficient (Wildman–Crippen LogP) is 6.32. The van der Waals surface area contributed by atoms with Crippen LogP contribution in [0.3, 0.4) is 0 Å². The van der Waals surface area contributed by atoms with Crippen LogP contribution in [0, 0.1) is 0 Å². The van der Waals surface area contributed by atoms with Crippen molar-refractivity contribution < 1.29 is 36.8 Å². The maximum atomic E-state index is 13.1. The second kappa shape index (κ2) is 12.8. The molecule has 2 rings (SSSR count). The van der Waals surface area contributed by atoms with Crippen molar-refractivity contribution in [2.24, 2.45) is 9.98 Å². The van der Waals surface area contributed by atoms with E-state index in [0.717, 1.165) is 12.8 Å². The number of methoxy groups -OCH3 is 2. The Morgan fingerprint density at radius 2 is 0.923 bits per heavy atom.